The average Bonchev–Trinajstić information content (AvgIpc) is 2.41. The third-order valence-corrected chi connectivity index (χ3v) is 4.07. The lowest BCUT2D eigenvalue weighted by Gasteiger charge is -2.41. The quantitative estimate of drug-likeness (QED) is 0.713. The van der Waals surface area contributed by atoms with Crippen molar-refractivity contribution in [2.75, 3.05) is 23.0 Å². The molecule has 18 heavy (non-hydrogen) atoms. The van der Waals surface area contributed by atoms with Crippen molar-refractivity contribution in [2.24, 2.45) is 0 Å². The SMILES string of the molecule is CNc1ccc2c(c1)NC(=O)C1(CCCCC1)N2. The molecule has 0 aromatic heterocycles. The number of fused-ring (bicyclic) bond motifs is 1. The molecule has 0 unspecified atom stereocenters. The highest BCUT2D eigenvalue weighted by Crippen LogP contribution is 2.39. The summed E-state index contributed by atoms with van der Waals surface area (Å²) in [4.78, 5) is 12.3. The Morgan fingerprint density at radius 3 is 2.67 bits per heavy atom. The second-order valence-electron chi connectivity index (χ2n) is 5.23. The lowest BCUT2D eigenvalue weighted by molar-refractivity contribution is -0.121. The van der Waals surface area contributed by atoms with Gasteiger partial charge in [-0.25, -0.2) is 0 Å². The van der Waals surface area contributed by atoms with Gasteiger partial charge >= 0.3 is 0 Å². The molecule has 2 aliphatic rings. The van der Waals surface area contributed by atoms with Gasteiger partial charge in [-0.15, -0.1) is 0 Å². The Morgan fingerprint density at radius 2 is 1.94 bits per heavy atom. The summed E-state index contributed by atoms with van der Waals surface area (Å²) in [7, 11) is 1.88. The summed E-state index contributed by atoms with van der Waals surface area (Å²) in [5, 5.41) is 9.61. The van der Waals surface area contributed by atoms with Gasteiger partial charge in [0.25, 0.3) is 0 Å². The van der Waals surface area contributed by atoms with Crippen molar-refractivity contribution in [3.63, 3.8) is 0 Å². The Kier molecular flexibility index (Phi) is 2.65. The second kappa shape index (κ2) is 4.19. The van der Waals surface area contributed by atoms with E-state index in [-0.39, 0.29) is 11.4 Å². The van der Waals surface area contributed by atoms with Crippen LogP contribution in [-0.4, -0.2) is 18.5 Å². The van der Waals surface area contributed by atoms with Gasteiger partial charge in [-0.2, -0.15) is 0 Å². The fourth-order valence-corrected chi connectivity index (χ4v) is 2.98. The van der Waals surface area contributed by atoms with Crippen molar-refractivity contribution in [2.45, 2.75) is 37.6 Å². The van der Waals surface area contributed by atoms with Gasteiger partial charge in [-0.1, -0.05) is 19.3 Å². The zero-order valence-electron chi connectivity index (χ0n) is 10.7. The van der Waals surface area contributed by atoms with Gasteiger partial charge in [0.05, 0.1) is 11.4 Å². The van der Waals surface area contributed by atoms with Gasteiger partial charge < -0.3 is 16.0 Å². The summed E-state index contributed by atoms with van der Waals surface area (Å²) in [6, 6.07) is 6.03. The van der Waals surface area contributed by atoms with Crippen LogP contribution >= 0.6 is 0 Å². The molecule has 4 heteroatoms. The van der Waals surface area contributed by atoms with E-state index < -0.39 is 0 Å². The Morgan fingerprint density at radius 1 is 1.17 bits per heavy atom. The summed E-state index contributed by atoms with van der Waals surface area (Å²) in [5.74, 6) is 0.128. The number of hydrogen-bond donors (Lipinski definition) is 3. The van der Waals surface area contributed by atoms with E-state index in [1.807, 2.05) is 25.2 Å². The molecule has 3 N–H and O–H groups in total. The number of carbonyl (C=O) groups is 1. The average molecular weight is 245 g/mol. The highest BCUT2D eigenvalue weighted by molar-refractivity contribution is 6.06. The van der Waals surface area contributed by atoms with Gasteiger partial charge in [-0.05, 0) is 31.0 Å². The number of hydrogen-bond acceptors (Lipinski definition) is 3. The van der Waals surface area contributed by atoms with E-state index in [1.54, 1.807) is 0 Å². The number of anilines is 3. The summed E-state index contributed by atoms with van der Waals surface area (Å²) in [6.45, 7) is 0. The van der Waals surface area contributed by atoms with Gasteiger partial charge in [-0.3, -0.25) is 4.79 Å². The first kappa shape index (κ1) is 11.4. The smallest absolute Gasteiger partial charge is 0.250 e. The first-order chi connectivity index (χ1) is 8.73. The fourth-order valence-electron chi connectivity index (χ4n) is 2.98. The van der Waals surface area contributed by atoms with Crippen LogP contribution in [0.2, 0.25) is 0 Å². The zero-order valence-corrected chi connectivity index (χ0v) is 10.7. The molecule has 1 aliphatic carbocycles. The highest BCUT2D eigenvalue weighted by atomic mass is 16.2. The summed E-state index contributed by atoms with van der Waals surface area (Å²) in [6.07, 6.45) is 5.37. The van der Waals surface area contributed by atoms with Crippen molar-refractivity contribution in [3.05, 3.63) is 18.2 Å². The summed E-state index contributed by atoms with van der Waals surface area (Å²) >= 11 is 0. The largest absolute Gasteiger partial charge is 0.388 e. The van der Waals surface area contributed by atoms with Crippen molar-refractivity contribution in [1.29, 1.82) is 0 Å². The standard InChI is InChI=1S/C14H19N3O/c1-15-10-5-6-11-12(9-10)16-13(18)14(17-11)7-3-2-4-8-14/h5-6,9,15,17H,2-4,7-8H2,1H3,(H,16,18). The Hall–Kier alpha value is -1.71. The molecule has 1 amide bonds. The van der Waals surface area contributed by atoms with Gasteiger partial charge in [0.2, 0.25) is 5.91 Å². The highest BCUT2D eigenvalue weighted by Gasteiger charge is 2.42. The van der Waals surface area contributed by atoms with Crippen molar-refractivity contribution in [1.82, 2.24) is 0 Å². The zero-order chi connectivity index (χ0) is 12.6. The Balaban J connectivity index is 1.94. The predicted molar refractivity (Wildman–Crippen MR) is 74.1 cm³/mol. The third-order valence-electron chi connectivity index (χ3n) is 4.07. The molecule has 96 valence electrons. The third kappa shape index (κ3) is 1.72. The van der Waals surface area contributed by atoms with E-state index in [2.05, 4.69) is 16.0 Å². The van der Waals surface area contributed by atoms with Crippen LogP contribution in [-0.2, 0) is 4.79 Å². The van der Waals surface area contributed by atoms with Gasteiger partial charge in [0, 0.05) is 12.7 Å². The van der Waals surface area contributed by atoms with Crippen LogP contribution in [0.15, 0.2) is 18.2 Å². The fraction of sp³-hybridized carbons (Fsp3) is 0.500. The molecule has 0 bridgehead atoms. The van der Waals surface area contributed by atoms with Gasteiger partial charge in [0.15, 0.2) is 0 Å². The normalized spacial score (nSPS) is 20.8. The maximum absolute atomic E-state index is 12.3. The first-order valence-electron chi connectivity index (χ1n) is 6.65. The Bertz CT molecular complexity index is 478. The van der Waals surface area contributed by atoms with E-state index in [1.165, 1.54) is 6.42 Å². The van der Waals surface area contributed by atoms with Crippen LogP contribution in [0.4, 0.5) is 17.1 Å². The van der Waals surface area contributed by atoms with Crippen LogP contribution in [0.3, 0.4) is 0 Å². The molecule has 4 nitrogen and oxygen atoms in total. The molecular weight excluding hydrogens is 226 g/mol. The predicted octanol–water partition coefficient (Wildman–Crippen LogP) is 2.80. The second-order valence-corrected chi connectivity index (χ2v) is 5.23. The van der Waals surface area contributed by atoms with Crippen LogP contribution in [0, 0.1) is 0 Å². The Labute approximate surface area is 107 Å². The van der Waals surface area contributed by atoms with E-state index in [0.29, 0.717) is 0 Å². The minimum Gasteiger partial charge on any atom is -0.388 e. The molecule has 1 aromatic carbocycles. The minimum atomic E-state index is -0.369. The molecule has 1 heterocycles. The van der Waals surface area contributed by atoms with Crippen molar-refractivity contribution < 1.29 is 4.79 Å². The molecule has 0 atom stereocenters. The molecule has 1 spiro atoms. The number of carbonyl (C=O) groups excluding carboxylic acids is 1. The minimum absolute atomic E-state index is 0.128. The van der Waals surface area contributed by atoms with Crippen LogP contribution in [0.25, 0.3) is 0 Å². The topological polar surface area (TPSA) is 53.2 Å². The van der Waals surface area contributed by atoms with Gasteiger partial charge in [0.1, 0.15) is 5.54 Å². The number of nitrogens with one attached hydrogen (secondary N) is 3. The molecule has 1 aromatic rings. The lowest BCUT2D eigenvalue weighted by atomic mass is 9.79. The summed E-state index contributed by atoms with van der Waals surface area (Å²) < 4.78 is 0. The molecule has 3 rings (SSSR count). The van der Waals surface area contributed by atoms with Crippen molar-refractivity contribution in [3.8, 4) is 0 Å². The molecule has 0 radical (unpaired) electrons. The van der Waals surface area contributed by atoms with E-state index >= 15 is 0 Å². The number of rotatable bonds is 1. The molecular formula is C14H19N3O. The maximum Gasteiger partial charge on any atom is 0.250 e. The maximum atomic E-state index is 12.3. The number of benzene rings is 1. The molecule has 1 aliphatic heterocycles. The van der Waals surface area contributed by atoms with E-state index in [9.17, 15) is 4.79 Å². The van der Waals surface area contributed by atoms with Crippen LogP contribution in [0.5, 0.6) is 0 Å². The molecule has 1 fully saturated rings. The van der Waals surface area contributed by atoms with E-state index in [4.69, 9.17) is 0 Å². The van der Waals surface area contributed by atoms with E-state index in [0.717, 1.165) is 42.7 Å². The van der Waals surface area contributed by atoms with Crippen LogP contribution in [0.1, 0.15) is 32.1 Å². The molecule has 0 saturated heterocycles. The monoisotopic (exact) mass is 245 g/mol. The lowest BCUT2D eigenvalue weighted by Crippen LogP contribution is -2.53. The summed E-state index contributed by atoms with van der Waals surface area (Å²) in [5.41, 5.74) is 2.56. The first-order valence-corrected chi connectivity index (χ1v) is 6.65. The van der Waals surface area contributed by atoms with Crippen molar-refractivity contribution >= 4 is 23.0 Å². The molecule has 1 saturated carbocycles. The number of amides is 1. The van der Waals surface area contributed by atoms with Crippen LogP contribution < -0.4 is 16.0 Å².